The summed E-state index contributed by atoms with van der Waals surface area (Å²) in [6.45, 7) is 4.71. The number of ether oxygens (including phenoxy) is 1. The van der Waals surface area contributed by atoms with Crippen molar-refractivity contribution in [1.29, 1.82) is 0 Å². The fraction of sp³-hybridized carbons (Fsp3) is 0.818. The Balaban J connectivity index is 1.63. The monoisotopic (exact) mass is 376 g/mol. The topological polar surface area (TPSA) is 83.8 Å². The van der Waals surface area contributed by atoms with Gasteiger partial charge in [-0.3, -0.25) is 4.79 Å². The lowest BCUT2D eigenvalue weighted by Gasteiger charge is -2.59. The van der Waals surface area contributed by atoms with Crippen LogP contribution in [0, 0.1) is 34.5 Å². The van der Waals surface area contributed by atoms with Gasteiger partial charge in [-0.1, -0.05) is 25.5 Å². The molecular weight excluding hydrogens is 344 g/mol. The standard InChI is InChI=1S/C22H32O5/c1-21-9-7-18-16(17(21)5-6-19(21)24)4-3-13-11-15(23)12-14(22(13,18)2)8-10-27-20(25)26/h3,14-18,23H,4-12H2,1-2H3,(H,25,26)/t14?,15-,16+,17+,18+,21+,22-/m1/s1. The van der Waals surface area contributed by atoms with Gasteiger partial charge in [-0.15, -0.1) is 0 Å². The fourth-order valence-corrected chi connectivity index (χ4v) is 7.35. The van der Waals surface area contributed by atoms with Gasteiger partial charge < -0.3 is 14.9 Å². The SMILES string of the molecule is C[C@]12CC[C@H]3[C@@H](CC=C4C[C@@H](O)CC(CCOC(=O)O)[C@@]43C)[C@@H]1CCC2=O. The molecule has 4 aliphatic carbocycles. The van der Waals surface area contributed by atoms with Crippen molar-refractivity contribution in [1.82, 2.24) is 0 Å². The fourth-order valence-electron chi connectivity index (χ4n) is 7.35. The molecule has 0 heterocycles. The third-order valence-electron chi connectivity index (χ3n) is 8.80. The van der Waals surface area contributed by atoms with Crippen molar-refractivity contribution in [2.45, 2.75) is 71.3 Å². The van der Waals surface area contributed by atoms with E-state index < -0.39 is 6.16 Å². The lowest BCUT2D eigenvalue weighted by Crippen LogP contribution is -2.53. The van der Waals surface area contributed by atoms with Gasteiger partial charge in [0.05, 0.1) is 12.7 Å². The molecule has 0 radical (unpaired) electrons. The predicted molar refractivity (Wildman–Crippen MR) is 100 cm³/mol. The van der Waals surface area contributed by atoms with Gasteiger partial charge in [0, 0.05) is 11.8 Å². The van der Waals surface area contributed by atoms with Crippen LogP contribution in [0.2, 0.25) is 0 Å². The normalized spacial score (nSPS) is 46.1. The Labute approximate surface area is 161 Å². The molecule has 0 bridgehead atoms. The minimum Gasteiger partial charge on any atom is -0.450 e. The summed E-state index contributed by atoms with van der Waals surface area (Å²) in [7, 11) is 0. The third kappa shape index (κ3) is 2.84. The van der Waals surface area contributed by atoms with Crippen LogP contribution in [-0.4, -0.2) is 34.9 Å². The number of hydrogen-bond donors (Lipinski definition) is 2. The zero-order valence-electron chi connectivity index (χ0n) is 16.4. The van der Waals surface area contributed by atoms with Crippen molar-refractivity contribution in [3.8, 4) is 0 Å². The number of aliphatic hydroxyl groups is 1. The lowest BCUT2D eigenvalue weighted by atomic mass is 9.45. The summed E-state index contributed by atoms with van der Waals surface area (Å²) in [5.41, 5.74) is 1.20. The number of allylic oxidation sites excluding steroid dienone is 1. The van der Waals surface area contributed by atoms with E-state index in [0.29, 0.717) is 36.4 Å². The second kappa shape index (κ2) is 6.61. The van der Waals surface area contributed by atoms with Crippen LogP contribution in [0.25, 0.3) is 0 Å². The van der Waals surface area contributed by atoms with Crippen molar-refractivity contribution in [2.75, 3.05) is 6.61 Å². The minimum atomic E-state index is -1.23. The van der Waals surface area contributed by atoms with E-state index in [1.807, 2.05) is 0 Å². The van der Waals surface area contributed by atoms with Gasteiger partial charge in [-0.2, -0.15) is 0 Å². The summed E-state index contributed by atoms with van der Waals surface area (Å²) in [5.74, 6) is 2.20. The van der Waals surface area contributed by atoms with Crippen LogP contribution in [0.4, 0.5) is 4.79 Å². The van der Waals surface area contributed by atoms with Gasteiger partial charge in [0.2, 0.25) is 0 Å². The summed E-state index contributed by atoms with van der Waals surface area (Å²) in [6, 6.07) is 0. The molecule has 2 N–H and O–H groups in total. The number of fused-ring (bicyclic) bond motifs is 5. The molecule has 4 rings (SSSR count). The molecular formula is C22H32O5. The molecule has 3 saturated carbocycles. The Bertz CT molecular complexity index is 670. The largest absolute Gasteiger partial charge is 0.505 e. The molecule has 5 nitrogen and oxygen atoms in total. The second-order valence-corrected chi connectivity index (χ2v) is 9.74. The highest BCUT2D eigenvalue weighted by Crippen LogP contribution is 2.65. The number of aliphatic hydroxyl groups excluding tert-OH is 1. The molecule has 4 aliphatic rings. The molecule has 0 aromatic heterocycles. The van der Waals surface area contributed by atoms with Gasteiger partial charge in [-0.05, 0) is 74.0 Å². The summed E-state index contributed by atoms with van der Waals surface area (Å²) in [4.78, 5) is 23.3. The Morgan fingerprint density at radius 2 is 2.07 bits per heavy atom. The maximum Gasteiger partial charge on any atom is 0.505 e. The zero-order chi connectivity index (χ0) is 19.4. The molecule has 3 fully saturated rings. The quantitative estimate of drug-likeness (QED) is 0.570. The highest BCUT2D eigenvalue weighted by Gasteiger charge is 2.60. The first-order valence-corrected chi connectivity index (χ1v) is 10.5. The van der Waals surface area contributed by atoms with E-state index in [1.54, 1.807) is 0 Å². The number of hydrogen-bond acceptors (Lipinski definition) is 4. The van der Waals surface area contributed by atoms with Gasteiger partial charge >= 0.3 is 6.16 Å². The van der Waals surface area contributed by atoms with Crippen molar-refractivity contribution in [2.24, 2.45) is 34.5 Å². The molecule has 0 amide bonds. The molecule has 0 spiro atoms. The second-order valence-electron chi connectivity index (χ2n) is 9.74. The van der Waals surface area contributed by atoms with E-state index in [-0.39, 0.29) is 29.5 Å². The Hall–Kier alpha value is -1.36. The maximum absolute atomic E-state index is 12.6. The summed E-state index contributed by atoms with van der Waals surface area (Å²) in [6.07, 6.45) is 7.67. The first kappa shape index (κ1) is 19.0. The Morgan fingerprint density at radius 1 is 1.30 bits per heavy atom. The van der Waals surface area contributed by atoms with E-state index in [2.05, 4.69) is 19.9 Å². The summed E-state index contributed by atoms with van der Waals surface area (Å²) < 4.78 is 4.81. The highest BCUT2D eigenvalue weighted by atomic mass is 16.7. The lowest BCUT2D eigenvalue weighted by molar-refractivity contribution is -0.133. The average molecular weight is 376 g/mol. The van der Waals surface area contributed by atoms with Crippen molar-refractivity contribution in [3.63, 3.8) is 0 Å². The predicted octanol–water partition coefficient (Wildman–Crippen LogP) is 4.19. The van der Waals surface area contributed by atoms with Gasteiger partial charge in [-0.25, -0.2) is 4.79 Å². The molecule has 5 heteroatoms. The van der Waals surface area contributed by atoms with E-state index in [1.165, 1.54) is 5.57 Å². The molecule has 7 atom stereocenters. The van der Waals surface area contributed by atoms with E-state index in [4.69, 9.17) is 9.84 Å². The van der Waals surface area contributed by atoms with Gasteiger partial charge in [0.1, 0.15) is 5.78 Å². The Kier molecular flexibility index (Phi) is 4.65. The Morgan fingerprint density at radius 3 is 2.81 bits per heavy atom. The van der Waals surface area contributed by atoms with Crippen LogP contribution in [0.5, 0.6) is 0 Å². The first-order valence-electron chi connectivity index (χ1n) is 10.5. The number of rotatable bonds is 3. The van der Waals surface area contributed by atoms with Crippen molar-refractivity contribution < 1.29 is 24.5 Å². The molecule has 27 heavy (non-hydrogen) atoms. The van der Waals surface area contributed by atoms with E-state index in [9.17, 15) is 14.7 Å². The number of carbonyl (C=O) groups excluding carboxylic acids is 1. The number of Topliss-reactive ketones (excluding diaryl/α,β-unsaturated/α-hetero) is 1. The molecule has 150 valence electrons. The van der Waals surface area contributed by atoms with Crippen molar-refractivity contribution in [3.05, 3.63) is 11.6 Å². The van der Waals surface area contributed by atoms with Crippen LogP contribution in [0.1, 0.15) is 65.2 Å². The smallest absolute Gasteiger partial charge is 0.450 e. The van der Waals surface area contributed by atoms with Crippen LogP contribution in [-0.2, 0) is 9.53 Å². The average Bonchev–Trinajstić information content (AvgIpc) is 2.91. The van der Waals surface area contributed by atoms with E-state index in [0.717, 1.165) is 38.5 Å². The molecule has 0 aromatic carbocycles. The summed E-state index contributed by atoms with van der Waals surface area (Å²) >= 11 is 0. The molecule has 0 aliphatic heterocycles. The first-order chi connectivity index (χ1) is 12.8. The molecule has 0 saturated heterocycles. The highest BCUT2D eigenvalue weighted by molar-refractivity contribution is 5.87. The van der Waals surface area contributed by atoms with Crippen LogP contribution < -0.4 is 0 Å². The van der Waals surface area contributed by atoms with E-state index >= 15 is 0 Å². The zero-order valence-corrected chi connectivity index (χ0v) is 16.4. The van der Waals surface area contributed by atoms with Crippen LogP contribution in [0.3, 0.4) is 0 Å². The number of carboxylic acid groups (broad SMARTS) is 1. The van der Waals surface area contributed by atoms with Crippen LogP contribution >= 0.6 is 0 Å². The van der Waals surface area contributed by atoms with Gasteiger partial charge in [0.15, 0.2) is 0 Å². The van der Waals surface area contributed by atoms with Crippen LogP contribution in [0.15, 0.2) is 11.6 Å². The van der Waals surface area contributed by atoms with Crippen molar-refractivity contribution >= 4 is 11.9 Å². The maximum atomic E-state index is 12.6. The minimum absolute atomic E-state index is 0.0169. The molecule has 0 aromatic rings. The van der Waals surface area contributed by atoms with Gasteiger partial charge in [0.25, 0.3) is 0 Å². The summed E-state index contributed by atoms with van der Waals surface area (Å²) in [5, 5.41) is 19.2. The third-order valence-corrected chi connectivity index (χ3v) is 8.80. The number of ketones is 1. The molecule has 1 unspecified atom stereocenters. The number of carbonyl (C=O) groups is 2.